The fourth-order valence-corrected chi connectivity index (χ4v) is 7.72. The summed E-state index contributed by atoms with van der Waals surface area (Å²) in [6, 6.07) is 16.1. The summed E-state index contributed by atoms with van der Waals surface area (Å²) in [5.74, 6) is -0.580. The fraction of sp³-hybridized carbons (Fsp3) is 0.412. The quantitative estimate of drug-likeness (QED) is 0.218. The van der Waals surface area contributed by atoms with Gasteiger partial charge in [0.25, 0.3) is 0 Å². The number of carbonyl (C=O) groups is 2. The van der Waals surface area contributed by atoms with E-state index in [0.29, 0.717) is 29.8 Å². The van der Waals surface area contributed by atoms with Crippen LogP contribution in [0.5, 0.6) is 0 Å². The van der Waals surface area contributed by atoms with Crippen LogP contribution >= 0.6 is 11.6 Å². The Labute approximate surface area is 263 Å². The standard InChI is InChI=1S/C34H38ClFN2O5S/c1-43-33(39)13-4-26-20-23(14-17-38-18-15-25(16-19-38)34(40)24-2-7-29(36)8-3-24)21-27-22-30(9-12-32(26)27)37-44(41,42)31-10-5-28(35)6-11-31/h2-3,5-8,10-11,20-21,25,30,37H,4,9,12-19,22H2,1H3. The number of fused-ring (bicyclic) bond motifs is 1. The van der Waals surface area contributed by atoms with E-state index in [2.05, 4.69) is 21.8 Å². The lowest BCUT2D eigenvalue weighted by atomic mass is 9.83. The van der Waals surface area contributed by atoms with Crippen LogP contribution < -0.4 is 4.72 Å². The van der Waals surface area contributed by atoms with E-state index in [4.69, 9.17) is 16.3 Å². The van der Waals surface area contributed by atoms with Gasteiger partial charge in [-0.05, 0) is 129 Å². The molecule has 1 aliphatic carbocycles. The summed E-state index contributed by atoms with van der Waals surface area (Å²) >= 11 is 5.94. The van der Waals surface area contributed by atoms with Crippen molar-refractivity contribution in [2.45, 2.75) is 62.3 Å². The minimum Gasteiger partial charge on any atom is -0.469 e. The summed E-state index contributed by atoms with van der Waals surface area (Å²) in [7, 11) is -2.31. The van der Waals surface area contributed by atoms with Crippen molar-refractivity contribution in [3.63, 3.8) is 0 Å². The van der Waals surface area contributed by atoms with E-state index in [-0.39, 0.29) is 40.8 Å². The average molecular weight is 641 g/mol. The molecular formula is C34H38ClFN2O5S. The Balaban J connectivity index is 1.24. The first-order chi connectivity index (χ1) is 21.1. The van der Waals surface area contributed by atoms with Crippen LogP contribution in [0.3, 0.4) is 0 Å². The Morgan fingerprint density at radius 2 is 1.70 bits per heavy atom. The molecule has 7 nitrogen and oxygen atoms in total. The van der Waals surface area contributed by atoms with Crippen molar-refractivity contribution in [1.82, 2.24) is 9.62 Å². The van der Waals surface area contributed by atoms with E-state index >= 15 is 0 Å². The molecule has 0 saturated carbocycles. The number of Topliss-reactive ketones (excluding diaryl/α,β-unsaturated/α-hetero) is 1. The lowest BCUT2D eigenvalue weighted by Gasteiger charge is -2.32. The summed E-state index contributed by atoms with van der Waals surface area (Å²) in [5, 5.41) is 0.477. The van der Waals surface area contributed by atoms with Crippen molar-refractivity contribution in [2.75, 3.05) is 26.7 Å². The largest absolute Gasteiger partial charge is 0.469 e. The molecule has 1 fully saturated rings. The third-order valence-corrected chi connectivity index (χ3v) is 10.6. The first-order valence-corrected chi connectivity index (χ1v) is 17.0. The van der Waals surface area contributed by atoms with Crippen molar-refractivity contribution in [1.29, 1.82) is 0 Å². The van der Waals surface area contributed by atoms with Gasteiger partial charge in [0, 0.05) is 35.5 Å². The maximum Gasteiger partial charge on any atom is 0.305 e. The number of benzene rings is 3. The van der Waals surface area contributed by atoms with Crippen LogP contribution in [-0.2, 0) is 45.2 Å². The van der Waals surface area contributed by atoms with Gasteiger partial charge in [-0.15, -0.1) is 0 Å². The maximum atomic E-state index is 13.3. The van der Waals surface area contributed by atoms with Crippen LogP contribution in [0.4, 0.5) is 4.39 Å². The Hall–Kier alpha value is -3.11. The van der Waals surface area contributed by atoms with Crippen LogP contribution in [0.25, 0.3) is 0 Å². The maximum absolute atomic E-state index is 13.3. The van der Waals surface area contributed by atoms with Gasteiger partial charge in [-0.2, -0.15) is 0 Å². The zero-order valence-corrected chi connectivity index (χ0v) is 26.4. The molecule has 1 unspecified atom stereocenters. The highest BCUT2D eigenvalue weighted by Gasteiger charge is 2.28. The van der Waals surface area contributed by atoms with Crippen LogP contribution in [0, 0.1) is 11.7 Å². The van der Waals surface area contributed by atoms with Crippen LogP contribution in [0.1, 0.15) is 58.3 Å². The number of piperidine rings is 1. The lowest BCUT2D eigenvalue weighted by molar-refractivity contribution is -0.140. The second-order valence-electron chi connectivity index (χ2n) is 11.7. The van der Waals surface area contributed by atoms with Gasteiger partial charge in [-0.3, -0.25) is 9.59 Å². The molecular weight excluding hydrogens is 603 g/mol. The van der Waals surface area contributed by atoms with E-state index in [1.807, 2.05) is 0 Å². The SMILES string of the molecule is COC(=O)CCc1cc(CCN2CCC(C(=O)c3ccc(F)cc3)CC2)cc2c1CCC(NS(=O)(=O)c1ccc(Cl)cc1)C2. The number of ketones is 1. The zero-order valence-electron chi connectivity index (χ0n) is 24.9. The van der Waals surface area contributed by atoms with Gasteiger partial charge in [0.15, 0.2) is 5.78 Å². The van der Waals surface area contributed by atoms with Crippen LogP contribution in [0.2, 0.25) is 5.02 Å². The van der Waals surface area contributed by atoms with Crippen molar-refractivity contribution in [3.05, 3.63) is 99.3 Å². The van der Waals surface area contributed by atoms with Gasteiger partial charge >= 0.3 is 5.97 Å². The minimum absolute atomic E-state index is 0.0565. The summed E-state index contributed by atoms with van der Waals surface area (Å²) < 4.78 is 47.2. The molecule has 1 heterocycles. The number of sulfonamides is 1. The molecule has 3 aromatic carbocycles. The highest BCUT2D eigenvalue weighted by molar-refractivity contribution is 7.89. The smallest absolute Gasteiger partial charge is 0.305 e. The van der Waals surface area contributed by atoms with E-state index in [0.717, 1.165) is 62.0 Å². The molecule has 0 amide bonds. The summed E-state index contributed by atoms with van der Waals surface area (Å²) in [5.41, 5.74) is 5.13. The van der Waals surface area contributed by atoms with Crippen molar-refractivity contribution >= 4 is 33.4 Å². The highest BCUT2D eigenvalue weighted by atomic mass is 35.5. The normalized spacial score (nSPS) is 17.7. The molecule has 1 atom stereocenters. The molecule has 2 aliphatic rings. The number of halogens is 2. The monoisotopic (exact) mass is 640 g/mol. The fourth-order valence-electron chi connectivity index (χ4n) is 6.32. The molecule has 0 spiro atoms. The third-order valence-electron chi connectivity index (χ3n) is 8.78. The van der Waals surface area contributed by atoms with Gasteiger partial charge in [-0.1, -0.05) is 23.7 Å². The number of aryl methyl sites for hydroxylation is 1. The molecule has 0 radical (unpaired) electrons. The Morgan fingerprint density at radius 3 is 2.39 bits per heavy atom. The predicted molar refractivity (Wildman–Crippen MR) is 168 cm³/mol. The first-order valence-electron chi connectivity index (χ1n) is 15.1. The van der Waals surface area contributed by atoms with Gasteiger partial charge in [0.2, 0.25) is 10.0 Å². The number of hydrogen-bond acceptors (Lipinski definition) is 6. The summed E-state index contributed by atoms with van der Waals surface area (Å²) in [6.07, 6.45) is 5.13. The number of rotatable bonds is 11. The van der Waals surface area contributed by atoms with Crippen LogP contribution in [-0.4, -0.2) is 57.9 Å². The number of nitrogens with one attached hydrogen (secondary N) is 1. The van der Waals surface area contributed by atoms with Crippen LogP contribution in [0.15, 0.2) is 65.6 Å². The van der Waals surface area contributed by atoms with E-state index in [9.17, 15) is 22.4 Å². The molecule has 44 heavy (non-hydrogen) atoms. The van der Waals surface area contributed by atoms with Gasteiger partial charge in [0.05, 0.1) is 12.0 Å². The van der Waals surface area contributed by atoms with E-state index < -0.39 is 10.0 Å². The minimum atomic E-state index is -3.70. The number of carbonyl (C=O) groups excluding carboxylic acids is 2. The Morgan fingerprint density at radius 1 is 1.00 bits per heavy atom. The Bertz CT molecular complexity index is 1590. The molecule has 3 aromatic rings. The highest BCUT2D eigenvalue weighted by Crippen LogP contribution is 2.29. The van der Waals surface area contributed by atoms with Gasteiger partial charge in [-0.25, -0.2) is 17.5 Å². The molecule has 1 aliphatic heterocycles. The molecule has 10 heteroatoms. The topological polar surface area (TPSA) is 92.8 Å². The summed E-state index contributed by atoms with van der Waals surface area (Å²) in [6.45, 7) is 2.46. The zero-order chi connectivity index (χ0) is 31.3. The molecule has 1 saturated heterocycles. The second-order valence-corrected chi connectivity index (χ2v) is 13.9. The third kappa shape index (κ3) is 8.13. The molecule has 234 valence electrons. The predicted octanol–water partition coefficient (Wildman–Crippen LogP) is 5.56. The molecule has 5 rings (SSSR count). The summed E-state index contributed by atoms with van der Waals surface area (Å²) in [4.78, 5) is 27.4. The van der Waals surface area contributed by atoms with E-state index in [1.165, 1.54) is 36.9 Å². The van der Waals surface area contributed by atoms with Crippen molar-refractivity contribution < 1.29 is 27.1 Å². The number of hydrogen-bond donors (Lipinski definition) is 1. The molecule has 0 aromatic heterocycles. The first kappa shape index (κ1) is 32.3. The van der Waals surface area contributed by atoms with Crippen molar-refractivity contribution in [3.8, 4) is 0 Å². The Kier molecular flexibility index (Phi) is 10.5. The van der Waals surface area contributed by atoms with Gasteiger partial charge < -0.3 is 9.64 Å². The number of esters is 1. The number of methoxy groups -OCH3 is 1. The number of likely N-dealkylation sites (tertiary alicyclic amines) is 1. The number of ether oxygens (including phenoxy) is 1. The molecule has 1 N–H and O–H groups in total. The lowest BCUT2D eigenvalue weighted by Crippen LogP contribution is -2.39. The van der Waals surface area contributed by atoms with Gasteiger partial charge in [0.1, 0.15) is 5.82 Å². The van der Waals surface area contributed by atoms with Crippen molar-refractivity contribution in [2.24, 2.45) is 5.92 Å². The second kappa shape index (κ2) is 14.3. The number of nitrogens with zero attached hydrogens (tertiary/aromatic N) is 1. The average Bonchev–Trinajstić information content (AvgIpc) is 3.02. The van der Waals surface area contributed by atoms with E-state index in [1.54, 1.807) is 24.3 Å². The molecule has 0 bridgehead atoms.